The fourth-order valence-electron chi connectivity index (χ4n) is 3.54. The molecule has 0 aliphatic carbocycles. The molecule has 1 amide bonds. The van der Waals surface area contributed by atoms with Gasteiger partial charge in [0.2, 0.25) is 0 Å². The number of ether oxygens (including phenoxy) is 1. The summed E-state index contributed by atoms with van der Waals surface area (Å²) in [5, 5.41) is 1.94. The number of nitrogens with zero attached hydrogens (tertiary/aromatic N) is 2. The van der Waals surface area contributed by atoms with Gasteiger partial charge in [-0.05, 0) is 36.9 Å². The molecule has 0 atom stereocenters. The maximum Gasteiger partial charge on any atom is 0.342 e. The van der Waals surface area contributed by atoms with E-state index in [1.165, 1.54) is 11.3 Å². The van der Waals surface area contributed by atoms with Crippen molar-refractivity contribution >= 4 is 46.4 Å². The number of anilines is 2. The molecule has 0 saturated carbocycles. The predicted molar refractivity (Wildman–Crippen MR) is 119 cm³/mol. The Morgan fingerprint density at radius 3 is 2.67 bits per heavy atom. The van der Waals surface area contributed by atoms with Gasteiger partial charge in [0.1, 0.15) is 11.4 Å². The molecule has 3 aromatic rings. The average molecular weight is 420 g/mol. The lowest BCUT2D eigenvalue weighted by Crippen LogP contribution is -2.26. The fraction of sp³-hybridized carbons (Fsp3) is 0.174. The minimum atomic E-state index is -0.535. The van der Waals surface area contributed by atoms with Gasteiger partial charge >= 0.3 is 5.97 Å². The maximum absolute atomic E-state index is 13.4. The van der Waals surface area contributed by atoms with Crippen LogP contribution in [0.1, 0.15) is 39.0 Å². The Labute approximate surface area is 178 Å². The Bertz CT molecular complexity index is 1140. The van der Waals surface area contributed by atoms with Gasteiger partial charge in [0.05, 0.1) is 35.7 Å². The number of thiophene rings is 1. The van der Waals surface area contributed by atoms with Crippen molar-refractivity contribution in [3.8, 4) is 0 Å². The Morgan fingerprint density at radius 1 is 1.23 bits per heavy atom. The SMILES string of the molecule is CCOC(=O)c1c(C)nc2c(c1N)/C(=C/c1cccs1)C(=O)N2Cc1ccccc1. The molecular formula is C23H21N3O3S. The van der Waals surface area contributed by atoms with Crippen LogP contribution in [-0.2, 0) is 16.1 Å². The highest BCUT2D eigenvalue weighted by molar-refractivity contribution is 7.11. The second kappa shape index (κ2) is 8.12. The summed E-state index contributed by atoms with van der Waals surface area (Å²) in [6.07, 6.45) is 1.80. The van der Waals surface area contributed by atoms with Crippen molar-refractivity contribution in [1.82, 2.24) is 4.98 Å². The van der Waals surface area contributed by atoms with Gasteiger partial charge in [0, 0.05) is 4.88 Å². The minimum absolute atomic E-state index is 0.193. The molecule has 1 aliphatic heterocycles. The summed E-state index contributed by atoms with van der Waals surface area (Å²) in [4.78, 5) is 33.1. The molecule has 2 aromatic heterocycles. The topological polar surface area (TPSA) is 85.5 Å². The van der Waals surface area contributed by atoms with Crippen molar-refractivity contribution in [3.05, 3.63) is 75.1 Å². The quantitative estimate of drug-likeness (QED) is 0.492. The van der Waals surface area contributed by atoms with E-state index in [0.717, 1.165) is 10.4 Å². The summed E-state index contributed by atoms with van der Waals surface area (Å²) in [7, 11) is 0. The number of carbonyl (C=O) groups excluding carboxylic acids is 2. The lowest BCUT2D eigenvalue weighted by molar-refractivity contribution is -0.113. The van der Waals surface area contributed by atoms with Crippen molar-refractivity contribution in [2.75, 3.05) is 17.2 Å². The number of aryl methyl sites for hydroxylation is 1. The zero-order chi connectivity index (χ0) is 21.3. The van der Waals surface area contributed by atoms with Gasteiger partial charge < -0.3 is 10.5 Å². The van der Waals surface area contributed by atoms with Crippen LogP contribution in [0.15, 0.2) is 47.8 Å². The lowest BCUT2D eigenvalue weighted by Gasteiger charge is -2.18. The van der Waals surface area contributed by atoms with E-state index in [0.29, 0.717) is 29.2 Å². The molecule has 0 fully saturated rings. The number of hydrogen-bond acceptors (Lipinski definition) is 6. The van der Waals surface area contributed by atoms with Gasteiger partial charge in [-0.25, -0.2) is 9.78 Å². The van der Waals surface area contributed by atoms with Crippen LogP contribution in [0.4, 0.5) is 11.5 Å². The molecule has 4 rings (SSSR count). The largest absolute Gasteiger partial charge is 0.462 e. The molecule has 2 N–H and O–H groups in total. The van der Waals surface area contributed by atoms with Crippen molar-refractivity contribution in [2.45, 2.75) is 20.4 Å². The highest BCUT2D eigenvalue weighted by Crippen LogP contribution is 2.43. The number of amides is 1. The van der Waals surface area contributed by atoms with Gasteiger partial charge in [-0.15, -0.1) is 11.3 Å². The van der Waals surface area contributed by atoms with Gasteiger partial charge in [-0.2, -0.15) is 0 Å². The molecule has 0 bridgehead atoms. The summed E-state index contributed by atoms with van der Waals surface area (Å²) < 4.78 is 5.16. The zero-order valence-corrected chi connectivity index (χ0v) is 17.5. The number of aromatic nitrogens is 1. The van der Waals surface area contributed by atoms with E-state index in [1.807, 2.05) is 47.8 Å². The van der Waals surface area contributed by atoms with E-state index in [1.54, 1.807) is 24.8 Å². The Kier molecular flexibility index (Phi) is 5.37. The first-order chi connectivity index (χ1) is 14.5. The first-order valence-corrected chi connectivity index (χ1v) is 10.5. The Morgan fingerprint density at radius 2 is 2.00 bits per heavy atom. The number of benzene rings is 1. The predicted octanol–water partition coefficient (Wildman–Crippen LogP) is 4.30. The third kappa shape index (κ3) is 3.48. The third-order valence-corrected chi connectivity index (χ3v) is 5.71. The molecule has 30 heavy (non-hydrogen) atoms. The van der Waals surface area contributed by atoms with Crippen molar-refractivity contribution in [2.24, 2.45) is 0 Å². The summed E-state index contributed by atoms with van der Waals surface area (Å²) in [5.74, 6) is -0.260. The Balaban J connectivity index is 1.89. The molecule has 3 heterocycles. The second-order valence-corrected chi connectivity index (χ2v) is 7.83. The van der Waals surface area contributed by atoms with Crippen LogP contribution in [0.5, 0.6) is 0 Å². The van der Waals surface area contributed by atoms with E-state index >= 15 is 0 Å². The summed E-state index contributed by atoms with van der Waals surface area (Å²) in [6, 6.07) is 13.5. The molecule has 0 radical (unpaired) electrons. The van der Waals surface area contributed by atoms with E-state index in [4.69, 9.17) is 10.5 Å². The summed E-state index contributed by atoms with van der Waals surface area (Å²) in [6.45, 7) is 4.03. The summed E-state index contributed by atoms with van der Waals surface area (Å²) >= 11 is 1.52. The maximum atomic E-state index is 13.4. The number of rotatable bonds is 5. The zero-order valence-electron chi connectivity index (χ0n) is 16.7. The number of hydrogen-bond donors (Lipinski definition) is 1. The molecule has 0 unspecified atom stereocenters. The van der Waals surface area contributed by atoms with Crippen LogP contribution in [0.2, 0.25) is 0 Å². The highest BCUT2D eigenvalue weighted by Gasteiger charge is 2.38. The molecule has 1 aliphatic rings. The number of nitrogen functional groups attached to an aromatic ring is 1. The van der Waals surface area contributed by atoms with Crippen molar-refractivity contribution in [3.63, 3.8) is 0 Å². The van der Waals surface area contributed by atoms with Gasteiger partial charge in [-0.3, -0.25) is 9.69 Å². The van der Waals surface area contributed by atoms with E-state index in [9.17, 15) is 9.59 Å². The van der Waals surface area contributed by atoms with Crippen LogP contribution in [-0.4, -0.2) is 23.5 Å². The fourth-order valence-corrected chi connectivity index (χ4v) is 4.20. The van der Waals surface area contributed by atoms with Crippen LogP contribution >= 0.6 is 11.3 Å². The summed E-state index contributed by atoms with van der Waals surface area (Å²) in [5.41, 5.74) is 9.21. The normalized spacial score (nSPS) is 14.3. The number of esters is 1. The number of fused-ring (bicyclic) bond motifs is 1. The second-order valence-electron chi connectivity index (χ2n) is 6.86. The van der Waals surface area contributed by atoms with Gasteiger partial charge in [0.15, 0.2) is 0 Å². The molecule has 7 heteroatoms. The monoisotopic (exact) mass is 419 g/mol. The minimum Gasteiger partial charge on any atom is -0.462 e. The van der Waals surface area contributed by atoms with Crippen LogP contribution in [0, 0.1) is 6.92 Å². The molecular weight excluding hydrogens is 398 g/mol. The van der Waals surface area contributed by atoms with Crippen LogP contribution in [0.25, 0.3) is 11.6 Å². The molecule has 1 aromatic carbocycles. The smallest absolute Gasteiger partial charge is 0.342 e. The van der Waals surface area contributed by atoms with Gasteiger partial charge in [-0.1, -0.05) is 36.4 Å². The van der Waals surface area contributed by atoms with E-state index < -0.39 is 5.97 Å². The average Bonchev–Trinajstić information content (AvgIpc) is 3.32. The first-order valence-electron chi connectivity index (χ1n) is 9.59. The van der Waals surface area contributed by atoms with E-state index in [-0.39, 0.29) is 23.8 Å². The highest BCUT2D eigenvalue weighted by atomic mass is 32.1. The standard InChI is InChI=1S/C23H21N3O3S/c1-3-29-23(28)18-14(2)25-21-19(20(18)24)17(12-16-10-7-11-30-16)22(27)26(21)13-15-8-5-4-6-9-15/h4-12H,3,13H2,1-2H3,(H2,24,25)/b17-12-. The third-order valence-electron chi connectivity index (χ3n) is 4.89. The number of nitrogens with two attached hydrogens (primary N) is 1. The lowest BCUT2D eigenvalue weighted by atomic mass is 10.0. The Hall–Kier alpha value is -3.45. The van der Waals surface area contributed by atoms with Crippen LogP contribution in [0.3, 0.4) is 0 Å². The molecule has 6 nitrogen and oxygen atoms in total. The molecule has 0 saturated heterocycles. The number of pyridine rings is 1. The molecule has 152 valence electrons. The number of carbonyl (C=O) groups is 2. The van der Waals surface area contributed by atoms with Gasteiger partial charge in [0.25, 0.3) is 5.91 Å². The van der Waals surface area contributed by atoms with Crippen molar-refractivity contribution < 1.29 is 14.3 Å². The van der Waals surface area contributed by atoms with Crippen LogP contribution < -0.4 is 10.6 Å². The van der Waals surface area contributed by atoms with Crippen molar-refractivity contribution in [1.29, 1.82) is 0 Å². The molecule has 0 spiro atoms. The first kappa shape index (κ1) is 19.8. The van der Waals surface area contributed by atoms with E-state index in [2.05, 4.69) is 4.98 Å².